The lowest BCUT2D eigenvalue weighted by Crippen LogP contribution is -2.19. The molecule has 0 unspecified atom stereocenters. The fourth-order valence-electron chi connectivity index (χ4n) is 7.43. The van der Waals surface area contributed by atoms with E-state index in [-0.39, 0.29) is 16.2 Å². The molecule has 1 aliphatic carbocycles. The van der Waals surface area contributed by atoms with Crippen molar-refractivity contribution in [3.63, 3.8) is 0 Å². The van der Waals surface area contributed by atoms with Crippen LogP contribution in [0.4, 0.5) is 0 Å². The second-order valence-corrected chi connectivity index (χ2v) is 18.7. The molecule has 56 heavy (non-hydrogen) atoms. The highest BCUT2D eigenvalue weighted by atomic mass is 15.3. The molecule has 0 amide bonds. The Hall–Kier alpha value is -5.12. The van der Waals surface area contributed by atoms with Crippen molar-refractivity contribution < 1.29 is 0 Å². The van der Waals surface area contributed by atoms with Crippen LogP contribution in [0.3, 0.4) is 0 Å². The Morgan fingerprint density at radius 3 is 1.46 bits per heavy atom. The molecule has 0 bridgehead atoms. The van der Waals surface area contributed by atoms with Crippen LogP contribution in [-0.4, -0.2) is 49.5 Å². The lowest BCUT2D eigenvalue weighted by Gasteiger charge is -2.23. The highest BCUT2D eigenvalue weighted by molar-refractivity contribution is 5.61. The van der Waals surface area contributed by atoms with Crippen molar-refractivity contribution in [2.24, 2.45) is 0 Å². The fraction of sp³-hybridized carbons (Fsp3) is 0.478. The Labute approximate surface area is 333 Å². The molecule has 7 rings (SSSR count). The Balaban J connectivity index is 0.000000190. The second-order valence-electron chi connectivity index (χ2n) is 18.7. The molecule has 294 valence electrons. The summed E-state index contributed by atoms with van der Waals surface area (Å²) >= 11 is 0. The van der Waals surface area contributed by atoms with E-state index in [4.69, 9.17) is 5.10 Å². The van der Waals surface area contributed by atoms with Crippen molar-refractivity contribution in [1.29, 1.82) is 0 Å². The first-order chi connectivity index (χ1) is 26.3. The van der Waals surface area contributed by atoms with Gasteiger partial charge < -0.3 is 0 Å². The largest absolute Gasteiger partial charge is 0.278 e. The van der Waals surface area contributed by atoms with Gasteiger partial charge in [0, 0.05) is 52.6 Å². The Bertz CT molecular complexity index is 2230. The summed E-state index contributed by atoms with van der Waals surface area (Å²) in [7, 11) is 0. The van der Waals surface area contributed by atoms with Gasteiger partial charge in [-0.2, -0.15) is 0 Å². The number of nitrogens with zero attached hydrogens (tertiary/aromatic N) is 10. The van der Waals surface area contributed by atoms with Gasteiger partial charge in [0.2, 0.25) is 0 Å². The molecular formula is C46H60N10. The average molecular weight is 753 g/mol. The predicted octanol–water partition coefficient (Wildman–Crippen LogP) is 10.6. The SMILES string of the molecule is Cc1cc(C)cc(-n2c(-c3cnc(C(C)(C)C)nc3)nnc2C(C)(C)C)c1.Cc1cccc(C)c1-n1c(-c2cnc(C(C)(C)C)nc2)nnc1C1CCCCC1. The molecule has 2 aromatic carbocycles. The lowest BCUT2D eigenvalue weighted by molar-refractivity contribution is 0.424. The third-order valence-electron chi connectivity index (χ3n) is 10.3. The summed E-state index contributed by atoms with van der Waals surface area (Å²) in [6.45, 7) is 27.7. The third-order valence-corrected chi connectivity index (χ3v) is 10.3. The van der Waals surface area contributed by atoms with Crippen molar-refractivity contribution in [3.05, 3.63) is 107 Å². The zero-order chi connectivity index (χ0) is 40.6. The Morgan fingerprint density at radius 2 is 1.00 bits per heavy atom. The van der Waals surface area contributed by atoms with E-state index in [9.17, 15) is 0 Å². The summed E-state index contributed by atoms with van der Waals surface area (Å²) in [5.74, 6) is 5.72. The molecule has 1 fully saturated rings. The van der Waals surface area contributed by atoms with Crippen LogP contribution in [-0.2, 0) is 16.2 Å². The van der Waals surface area contributed by atoms with E-state index in [0.29, 0.717) is 5.92 Å². The molecular weight excluding hydrogens is 693 g/mol. The van der Waals surface area contributed by atoms with Crippen LogP contribution in [0.5, 0.6) is 0 Å². The predicted molar refractivity (Wildman–Crippen MR) is 226 cm³/mol. The van der Waals surface area contributed by atoms with Gasteiger partial charge in [-0.25, -0.2) is 19.9 Å². The van der Waals surface area contributed by atoms with E-state index in [0.717, 1.165) is 51.8 Å². The van der Waals surface area contributed by atoms with E-state index >= 15 is 0 Å². The Morgan fingerprint density at radius 1 is 0.536 bits per heavy atom. The maximum Gasteiger partial charge on any atom is 0.171 e. The van der Waals surface area contributed by atoms with E-state index in [1.807, 2.05) is 24.8 Å². The summed E-state index contributed by atoms with van der Waals surface area (Å²) in [5.41, 5.74) is 8.61. The average Bonchev–Trinajstić information content (AvgIpc) is 3.78. The summed E-state index contributed by atoms with van der Waals surface area (Å²) in [6.07, 6.45) is 13.7. The van der Waals surface area contributed by atoms with Crippen LogP contribution in [0.15, 0.2) is 61.2 Å². The minimum atomic E-state index is -0.144. The number of aryl methyl sites for hydroxylation is 4. The van der Waals surface area contributed by atoms with Crippen molar-refractivity contribution in [3.8, 4) is 34.2 Å². The number of rotatable bonds is 5. The van der Waals surface area contributed by atoms with Crippen LogP contribution in [0, 0.1) is 27.7 Å². The maximum absolute atomic E-state index is 4.70. The highest BCUT2D eigenvalue weighted by Crippen LogP contribution is 2.37. The highest BCUT2D eigenvalue weighted by Gasteiger charge is 2.28. The molecule has 4 aromatic heterocycles. The molecule has 4 heterocycles. The topological polar surface area (TPSA) is 113 Å². The van der Waals surface area contributed by atoms with Gasteiger partial charge in [-0.1, -0.05) is 106 Å². The van der Waals surface area contributed by atoms with Crippen molar-refractivity contribution in [2.75, 3.05) is 0 Å². The number of aromatic nitrogens is 10. The number of benzene rings is 2. The van der Waals surface area contributed by atoms with Crippen molar-refractivity contribution in [2.45, 2.75) is 144 Å². The first-order valence-electron chi connectivity index (χ1n) is 20.0. The zero-order valence-electron chi connectivity index (χ0n) is 35.9. The van der Waals surface area contributed by atoms with Crippen LogP contribution in [0.25, 0.3) is 34.2 Å². The van der Waals surface area contributed by atoms with Crippen LogP contribution >= 0.6 is 0 Å². The molecule has 1 aliphatic rings. The van der Waals surface area contributed by atoms with Gasteiger partial charge in [-0.15, -0.1) is 20.4 Å². The fourth-order valence-corrected chi connectivity index (χ4v) is 7.43. The zero-order valence-corrected chi connectivity index (χ0v) is 35.9. The molecule has 0 saturated heterocycles. The molecule has 10 heteroatoms. The molecule has 0 spiro atoms. The molecule has 0 atom stereocenters. The summed E-state index contributed by atoms with van der Waals surface area (Å²) in [5, 5.41) is 18.4. The Kier molecular flexibility index (Phi) is 11.4. The van der Waals surface area contributed by atoms with E-state index in [2.05, 4.69) is 171 Å². The van der Waals surface area contributed by atoms with Crippen LogP contribution < -0.4 is 0 Å². The van der Waals surface area contributed by atoms with E-state index in [1.54, 1.807) is 0 Å². The van der Waals surface area contributed by atoms with Gasteiger partial charge in [0.15, 0.2) is 11.6 Å². The normalized spacial score (nSPS) is 14.1. The molecule has 0 N–H and O–H groups in total. The number of hydrogen-bond acceptors (Lipinski definition) is 8. The lowest BCUT2D eigenvalue weighted by atomic mass is 9.88. The van der Waals surface area contributed by atoms with Gasteiger partial charge in [-0.05, 0) is 74.9 Å². The van der Waals surface area contributed by atoms with Gasteiger partial charge in [-0.3, -0.25) is 9.13 Å². The minimum absolute atomic E-state index is 0.0773. The monoisotopic (exact) mass is 753 g/mol. The van der Waals surface area contributed by atoms with Gasteiger partial charge in [0.05, 0.1) is 16.8 Å². The summed E-state index contributed by atoms with van der Waals surface area (Å²) in [6, 6.07) is 12.9. The van der Waals surface area contributed by atoms with Gasteiger partial charge in [0.1, 0.15) is 23.3 Å². The van der Waals surface area contributed by atoms with Gasteiger partial charge >= 0.3 is 0 Å². The summed E-state index contributed by atoms with van der Waals surface area (Å²) < 4.78 is 4.41. The first kappa shape index (κ1) is 40.5. The van der Waals surface area contributed by atoms with Crippen molar-refractivity contribution in [1.82, 2.24) is 49.5 Å². The van der Waals surface area contributed by atoms with E-state index in [1.165, 1.54) is 60.0 Å². The number of para-hydroxylation sites is 1. The molecule has 1 saturated carbocycles. The second kappa shape index (κ2) is 15.8. The van der Waals surface area contributed by atoms with Gasteiger partial charge in [0.25, 0.3) is 0 Å². The molecule has 0 radical (unpaired) electrons. The smallest absolute Gasteiger partial charge is 0.171 e. The van der Waals surface area contributed by atoms with Crippen LogP contribution in [0.1, 0.15) is 146 Å². The summed E-state index contributed by atoms with van der Waals surface area (Å²) in [4.78, 5) is 18.4. The first-order valence-corrected chi connectivity index (χ1v) is 20.0. The minimum Gasteiger partial charge on any atom is -0.278 e. The van der Waals surface area contributed by atoms with Crippen molar-refractivity contribution >= 4 is 0 Å². The molecule has 10 nitrogen and oxygen atoms in total. The van der Waals surface area contributed by atoms with E-state index < -0.39 is 0 Å². The third kappa shape index (κ3) is 8.79. The quantitative estimate of drug-likeness (QED) is 0.171. The molecule has 6 aromatic rings. The van der Waals surface area contributed by atoms with Crippen LogP contribution in [0.2, 0.25) is 0 Å². The molecule has 0 aliphatic heterocycles. The maximum atomic E-state index is 4.70. The number of hydrogen-bond donors (Lipinski definition) is 0. The standard InChI is InChI=1S/C24H31N5.C22H29N5/c1-16-10-9-11-17(2)20(16)29-21(18-12-7-6-8-13-18)27-28-22(29)19-14-25-23(26-15-19)24(3,4)5;1-14-9-15(2)11-17(10-14)27-18(25-26-20(27)22(6,7)8)16-12-23-19(24-13-16)21(3,4)5/h9-11,14-15,18H,6-8,12-13H2,1-5H3;9-13H,1-8H3.